The van der Waals surface area contributed by atoms with Crippen LogP contribution in [-0.4, -0.2) is 22.2 Å². The lowest BCUT2D eigenvalue weighted by Gasteiger charge is -2.26. The van der Waals surface area contributed by atoms with Gasteiger partial charge in [0.15, 0.2) is 0 Å². The summed E-state index contributed by atoms with van der Waals surface area (Å²) in [6, 6.07) is 14.3. The van der Waals surface area contributed by atoms with Crippen molar-refractivity contribution in [2.75, 3.05) is 9.64 Å². The van der Waals surface area contributed by atoms with Gasteiger partial charge >= 0.3 is 0 Å². The van der Waals surface area contributed by atoms with Crippen LogP contribution < -0.4 is 9.04 Å². The van der Waals surface area contributed by atoms with Crippen molar-refractivity contribution in [1.29, 1.82) is 0 Å². The molecule has 10 heteroatoms. The Morgan fingerprint density at radius 2 is 1.81 bits per heavy atom. The van der Waals surface area contributed by atoms with Crippen LogP contribution in [0.2, 0.25) is 0 Å². The van der Waals surface area contributed by atoms with Crippen LogP contribution >= 0.6 is 47.8 Å². The molecule has 3 rings (SSSR count). The third-order valence-electron chi connectivity index (χ3n) is 4.59. The second-order valence-corrected chi connectivity index (χ2v) is 12.8. The maximum absolute atomic E-state index is 14.4. The second-order valence-electron chi connectivity index (χ2n) is 6.81. The summed E-state index contributed by atoms with van der Waals surface area (Å²) < 4.78 is 48.1. The van der Waals surface area contributed by atoms with Gasteiger partial charge < -0.3 is 4.74 Å². The van der Waals surface area contributed by atoms with Gasteiger partial charge in [0.05, 0.1) is 22.5 Å². The van der Waals surface area contributed by atoms with E-state index in [1.807, 2.05) is 0 Å². The van der Waals surface area contributed by atoms with Crippen LogP contribution in [0.25, 0.3) is 0 Å². The molecule has 2 aromatic carbocycles. The first-order valence-electron chi connectivity index (χ1n) is 9.60. The normalized spacial score (nSPS) is 11.9. The molecule has 0 unspecified atom stereocenters. The number of benzene rings is 2. The van der Waals surface area contributed by atoms with E-state index in [1.165, 1.54) is 22.5 Å². The molecule has 0 spiro atoms. The zero-order chi connectivity index (χ0) is 23.4. The van der Waals surface area contributed by atoms with Crippen molar-refractivity contribution in [2.45, 2.75) is 28.2 Å². The van der Waals surface area contributed by atoms with Crippen LogP contribution in [0.3, 0.4) is 0 Å². The van der Waals surface area contributed by atoms with Crippen molar-refractivity contribution in [3.05, 3.63) is 83.9 Å². The maximum atomic E-state index is 14.4. The highest BCUT2D eigenvalue weighted by Gasteiger charge is 2.29. The fourth-order valence-corrected chi connectivity index (χ4v) is 5.34. The van der Waals surface area contributed by atoms with Gasteiger partial charge in [0, 0.05) is 18.0 Å². The van der Waals surface area contributed by atoms with E-state index in [1.54, 1.807) is 55.7 Å². The van der Waals surface area contributed by atoms with Crippen molar-refractivity contribution in [3.8, 4) is 5.75 Å². The Labute approximate surface area is 212 Å². The minimum Gasteiger partial charge on any atom is -0.465 e. The number of halogens is 4. The van der Waals surface area contributed by atoms with Crippen LogP contribution in [0.5, 0.6) is 5.75 Å². The molecule has 32 heavy (non-hydrogen) atoms. The summed E-state index contributed by atoms with van der Waals surface area (Å²) in [6.45, 7) is 1.77. The van der Waals surface area contributed by atoms with Gasteiger partial charge in [0.2, 0.25) is 3.42 Å². The lowest BCUT2D eigenvalue weighted by molar-refractivity contribution is 0.296. The summed E-state index contributed by atoms with van der Waals surface area (Å²) in [5.41, 5.74) is 1.27. The Hall–Kier alpha value is -1.49. The molecule has 0 atom stereocenters. The minimum atomic E-state index is -4.07. The van der Waals surface area contributed by atoms with E-state index in [2.05, 4.69) is 52.8 Å². The first-order chi connectivity index (χ1) is 15.2. The smallest absolute Gasteiger partial charge is 0.265 e. The Bertz CT molecular complexity index is 1160. The van der Waals surface area contributed by atoms with E-state index in [4.69, 9.17) is 4.74 Å². The first-order valence-corrected chi connectivity index (χ1v) is 13.7. The van der Waals surface area contributed by atoms with Gasteiger partial charge in [-0.25, -0.2) is 12.8 Å². The molecule has 0 saturated heterocycles. The van der Waals surface area contributed by atoms with Crippen molar-refractivity contribution in [1.82, 2.24) is 4.98 Å². The third kappa shape index (κ3) is 5.89. The average molecular weight is 651 g/mol. The summed E-state index contributed by atoms with van der Waals surface area (Å²) in [4.78, 5) is 4.03. The molecule has 0 aliphatic heterocycles. The molecular formula is C22H20Br3FN2O3S. The fourth-order valence-electron chi connectivity index (χ4n) is 3.10. The summed E-state index contributed by atoms with van der Waals surface area (Å²) in [7, 11) is -4.07. The number of ether oxygens (including phenoxy) is 1. The Balaban J connectivity index is 2.06. The van der Waals surface area contributed by atoms with Gasteiger partial charge in [0.25, 0.3) is 10.0 Å². The monoisotopic (exact) mass is 648 g/mol. The summed E-state index contributed by atoms with van der Waals surface area (Å²) in [5.74, 6) is -0.0138. The summed E-state index contributed by atoms with van der Waals surface area (Å²) in [6.07, 6.45) is 3.47. The second kappa shape index (κ2) is 10.6. The topological polar surface area (TPSA) is 59.5 Å². The SMILES string of the molecule is CCc1c(F)cccc1S(=O)(=O)N(Cc1cccnc1)c1ccc(OC(Br)(Br)CBr)cc1. The van der Waals surface area contributed by atoms with Gasteiger partial charge in [-0.15, -0.1) is 0 Å². The zero-order valence-electron chi connectivity index (χ0n) is 17.0. The number of anilines is 1. The molecule has 0 aliphatic rings. The number of hydrogen-bond donors (Lipinski definition) is 0. The minimum absolute atomic E-state index is 0.0400. The Morgan fingerprint density at radius 3 is 2.41 bits per heavy atom. The third-order valence-corrected chi connectivity index (χ3v) is 9.63. The predicted molar refractivity (Wildman–Crippen MR) is 135 cm³/mol. The van der Waals surface area contributed by atoms with E-state index < -0.39 is 19.3 Å². The van der Waals surface area contributed by atoms with Gasteiger partial charge in [-0.3, -0.25) is 9.29 Å². The Kier molecular flexibility index (Phi) is 8.35. The van der Waals surface area contributed by atoms with E-state index in [0.717, 1.165) is 0 Å². The van der Waals surface area contributed by atoms with Crippen molar-refractivity contribution >= 4 is 63.5 Å². The van der Waals surface area contributed by atoms with Crippen LogP contribution in [0, 0.1) is 5.82 Å². The largest absolute Gasteiger partial charge is 0.465 e. The van der Waals surface area contributed by atoms with Gasteiger partial charge in [-0.2, -0.15) is 0 Å². The number of sulfonamides is 1. The van der Waals surface area contributed by atoms with Crippen molar-refractivity contribution in [3.63, 3.8) is 0 Å². The highest BCUT2D eigenvalue weighted by Crippen LogP contribution is 2.34. The van der Waals surface area contributed by atoms with E-state index in [0.29, 0.717) is 22.3 Å². The van der Waals surface area contributed by atoms with Crippen LogP contribution in [0.4, 0.5) is 10.1 Å². The first kappa shape index (κ1) is 25.1. The molecule has 0 amide bonds. The molecule has 0 saturated carbocycles. The maximum Gasteiger partial charge on any atom is 0.265 e. The average Bonchev–Trinajstić information content (AvgIpc) is 2.78. The van der Waals surface area contributed by atoms with Crippen LogP contribution in [0.1, 0.15) is 18.1 Å². The van der Waals surface area contributed by atoms with E-state index in [9.17, 15) is 12.8 Å². The number of nitrogens with zero attached hydrogens (tertiary/aromatic N) is 2. The molecule has 0 N–H and O–H groups in total. The lowest BCUT2D eigenvalue weighted by atomic mass is 10.1. The van der Waals surface area contributed by atoms with Crippen LogP contribution in [0.15, 0.2) is 71.9 Å². The molecule has 1 heterocycles. The van der Waals surface area contributed by atoms with Gasteiger partial charge in [0.1, 0.15) is 11.6 Å². The van der Waals surface area contributed by atoms with Crippen LogP contribution in [-0.2, 0) is 23.0 Å². The molecule has 5 nitrogen and oxygen atoms in total. The lowest BCUT2D eigenvalue weighted by Crippen LogP contribution is -2.31. The molecular weight excluding hydrogens is 631 g/mol. The van der Waals surface area contributed by atoms with E-state index in [-0.39, 0.29) is 23.4 Å². The Morgan fingerprint density at radius 1 is 1.09 bits per heavy atom. The van der Waals surface area contributed by atoms with Gasteiger partial charge in [-0.05, 0) is 86.3 Å². The molecule has 0 fully saturated rings. The predicted octanol–water partition coefficient (Wildman–Crippen LogP) is 6.40. The number of aromatic nitrogens is 1. The number of hydrogen-bond acceptors (Lipinski definition) is 4. The molecule has 3 aromatic rings. The molecule has 0 radical (unpaired) electrons. The molecule has 170 valence electrons. The summed E-state index contributed by atoms with van der Waals surface area (Å²) >= 11 is 10.1. The highest BCUT2D eigenvalue weighted by molar-refractivity contribution is 9.26. The molecule has 0 bridgehead atoms. The molecule has 1 aromatic heterocycles. The standard InChI is InChI=1S/C22H20Br3FN2O3S/c1-2-19-20(26)6-3-7-21(19)32(29,30)28(14-16-5-4-12-27-13-16)17-8-10-18(11-9-17)31-22(24,25)15-23/h3-13H,2,14-15H2,1H3. The van der Waals surface area contributed by atoms with E-state index >= 15 is 0 Å². The van der Waals surface area contributed by atoms with Gasteiger partial charge in [-0.1, -0.05) is 35.0 Å². The highest BCUT2D eigenvalue weighted by atomic mass is 79.9. The summed E-state index contributed by atoms with van der Waals surface area (Å²) in [5, 5.41) is 0.475. The fraction of sp³-hybridized carbons (Fsp3) is 0.227. The number of pyridine rings is 1. The van der Waals surface area contributed by atoms with Crippen molar-refractivity contribution in [2.24, 2.45) is 0 Å². The number of rotatable bonds is 9. The van der Waals surface area contributed by atoms with Crippen molar-refractivity contribution < 1.29 is 17.5 Å². The zero-order valence-corrected chi connectivity index (χ0v) is 22.6. The molecule has 0 aliphatic carbocycles. The quantitative estimate of drug-likeness (QED) is 0.252. The number of alkyl halides is 3.